The lowest BCUT2D eigenvalue weighted by Crippen LogP contribution is -2.51. The SMILES string of the molecule is CCCC#Cc1ccc(OCCC(=O)N2CCN(C(CC)CC)CC2)cc1. The Balaban J connectivity index is 1.70. The Morgan fingerprint density at radius 3 is 2.33 bits per heavy atom. The van der Waals surface area contributed by atoms with Gasteiger partial charge in [0.25, 0.3) is 0 Å². The van der Waals surface area contributed by atoms with Crippen molar-refractivity contribution in [3.05, 3.63) is 29.8 Å². The number of hydrogen-bond acceptors (Lipinski definition) is 3. The van der Waals surface area contributed by atoms with E-state index in [0.29, 0.717) is 19.1 Å². The van der Waals surface area contributed by atoms with Crippen molar-refractivity contribution in [2.24, 2.45) is 0 Å². The van der Waals surface area contributed by atoms with E-state index in [-0.39, 0.29) is 5.91 Å². The van der Waals surface area contributed by atoms with Gasteiger partial charge in [-0.05, 0) is 43.5 Å². The van der Waals surface area contributed by atoms with E-state index in [0.717, 1.165) is 50.3 Å². The summed E-state index contributed by atoms with van der Waals surface area (Å²) in [5, 5.41) is 0. The predicted octanol–water partition coefficient (Wildman–Crippen LogP) is 3.94. The van der Waals surface area contributed by atoms with Gasteiger partial charge in [-0.25, -0.2) is 0 Å². The highest BCUT2D eigenvalue weighted by Crippen LogP contribution is 2.14. The molecule has 1 fully saturated rings. The zero-order valence-corrected chi connectivity index (χ0v) is 17.2. The topological polar surface area (TPSA) is 32.8 Å². The first-order valence-electron chi connectivity index (χ1n) is 10.4. The maximum absolute atomic E-state index is 12.4. The Labute approximate surface area is 164 Å². The molecule has 1 aromatic carbocycles. The van der Waals surface area contributed by atoms with Crippen LogP contribution in [0.15, 0.2) is 24.3 Å². The second-order valence-corrected chi connectivity index (χ2v) is 7.06. The van der Waals surface area contributed by atoms with E-state index >= 15 is 0 Å². The minimum atomic E-state index is 0.196. The summed E-state index contributed by atoms with van der Waals surface area (Å²) >= 11 is 0. The number of nitrogens with zero attached hydrogens (tertiary/aromatic N) is 2. The molecule has 0 N–H and O–H groups in total. The minimum Gasteiger partial charge on any atom is -0.493 e. The molecule has 0 spiro atoms. The molecule has 0 unspecified atom stereocenters. The van der Waals surface area contributed by atoms with Crippen molar-refractivity contribution in [1.29, 1.82) is 0 Å². The normalized spacial score (nSPS) is 14.7. The summed E-state index contributed by atoms with van der Waals surface area (Å²) in [4.78, 5) is 16.9. The number of amides is 1. The zero-order chi connectivity index (χ0) is 19.5. The molecule has 2 rings (SSSR count). The molecule has 1 aliphatic rings. The molecular weight excluding hydrogens is 336 g/mol. The fourth-order valence-corrected chi connectivity index (χ4v) is 3.48. The summed E-state index contributed by atoms with van der Waals surface area (Å²) in [5.41, 5.74) is 1.00. The molecule has 4 heteroatoms. The van der Waals surface area contributed by atoms with Gasteiger partial charge in [0.1, 0.15) is 5.75 Å². The number of ether oxygens (including phenoxy) is 1. The average Bonchev–Trinajstić information content (AvgIpc) is 2.71. The van der Waals surface area contributed by atoms with E-state index in [2.05, 4.69) is 37.5 Å². The molecule has 27 heavy (non-hydrogen) atoms. The Morgan fingerprint density at radius 1 is 1.07 bits per heavy atom. The maximum atomic E-state index is 12.4. The van der Waals surface area contributed by atoms with E-state index < -0.39 is 0 Å². The molecule has 1 aliphatic heterocycles. The van der Waals surface area contributed by atoms with Crippen molar-refractivity contribution in [2.75, 3.05) is 32.8 Å². The van der Waals surface area contributed by atoms with Gasteiger partial charge < -0.3 is 9.64 Å². The Hall–Kier alpha value is -1.99. The molecule has 1 heterocycles. The highest BCUT2D eigenvalue weighted by Gasteiger charge is 2.24. The number of rotatable bonds is 8. The number of carbonyl (C=O) groups is 1. The van der Waals surface area contributed by atoms with Gasteiger partial charge in [-0.2, -0.15) is 0 Å². The van der Waals surface area contributed by atoms with E-state index in [4.69, 9.17) is 4.74 Å². The van der Waals surface area contributed by atoms with E-state index in [1.54, 1.807) is 0 Å². The van der Waals surface area contributed by atoms with Gasteiger partial charge in [0.15, 0.2) is 0 Å². The highest BCUT2D eigenvalue weighted by atomic mass is 16.5. The van der Waals surface area contributed by atoms with Crippen LogP contribution in [0.4, 0.5) is 0 Å². The fraction of sp³-hybridized carbons (Fsp3) is 0.609. The van der Waals surface area contributed by atoms with Gasteiger partial charge in [0, 0.05) is 44.2 Å². The third kappa shape index (κ3) is 6.92. The molecule has 0 aromatic heterocycles. The van der Waals surface area contributed by atoms with Crippen molar-refractivity contribution in [1.82, 2.24) is 9.80 Å². The van der Waals surface area contributed by atoms with E-state index in [1.165, 1.54) is 12.8 Å². The Bertz CT molecular complexity index is 618. The molecule has 1 saturated heterocycles. The maximum Gasteiger partial charge on any atom is 0.226 e. The quantitative estimate of drug-likeness (QED) is 0.650. The van der Waals surface area contributed by atoms with Crippen LogP contribution in [0.2, 0.25) is 0 Å². The van der Waals surface area contributed by atoms with Crippen LogP contribution < -0.4 is 4.74 Å². The molecule has 0 aliphatic carbocycles. The number of hydrogen-bond donors (Lipinski definition) is 0. The monoisotopic (exact) mass is 370 g/mol. The van der Waals surface area contributed by atoms with Crippen LogP contribution in [-0.4, -0.2) is 54.5 Å². The largest absolute Gasteiger partial charge is 0.493 e. The summed E-state index contributed by atoms with van der Waals surface area (Å²) in [5.74, 6) is 7.27. The molecule has 0 radical (unpaired) electrons. The summed E-state index contributed by atoms with van der Waals surface area (Å²) < 4.78 is 5.74. The van der Waals surface area contributed by atoms with Crippen molar-refractivity contribution in [3.63, 3.8) is 0 Å². The Kier molecular flexibility index (Phi) is 9.21. The summed E-state index contributed by atoms with van der Waals surface area (Å²) in [6.07, 6.45) is 4.80. The van der Waals surface area contributed by atoms with E-state index in [1.807, 2.05) is 29.2 Å². The summed E-state index contributed by atoms with van der Waals surface area (Å²) in [7, 11) is 0. The lowest BCUT2D eigenvalue weighted by molar-refractivity contribution is -0.133. The molecule has 0 atom stereocenters. The first-order chi connectivity index (χ1) is 13.2. The van der Waals surface area contributed by atoms with Gasteiger partial charge in [0.2, 0.25) is 5.91 Å². The van der Waals surface area contributed by atoms with Crippen LogP contribution >= 0.6 is 0 Å². The molecule has 148 valence electrons. The molecule has 4 nitrogen and oxygen atoms in total. The van der Waals surface area contributed by atoms with Crippen LogP contribution in [0, 0.1) is 11.8 Å². The molecule has 1 amide bonds. The van der Waals surface area contributed by atoms with Gasteiger partial charge in [-0.3, -0.25) is 9.69 Å². The molecule has 0 bridgehead atoms. The minimum absolute atomic E-state index is 0.196. The van der Waals surface area contributed by atoms with Crippen LogP contribution in [0.1, 0.15) is 58.4 Å². The molecular formula is C23H34N2O2. The third-order valence-electron chi connectivity index (χ3n) is 5.17. The third-order valence-corrected chi connectivity index (χ3v) is 5.17. The number of unbranched alkanes of at least 4 members (excludes halogenated alkanes) is 1. The van der Waals surface area contributed by atoms with E-state index in [9.17, 15) is 4.79 Å². The molecule has 0 saturated carbocycles. The first-order valence-corrected chi connectivity index (χ1v) is 10.4. The van der Waals surface area contributed by atoms with Crippen LogP contribution in [0.3, 0.4) is 0 Å². The average molecular weight is 371 g/mol. The van der Waals surface area contributed by atoms with Gasteiger partial charge in [-0.1, -0.05) is 32.6 Å². The van der Waals surface area contributed by atoms with Crippen molar-refractivity contribution < 1.29 is 9.53 Å². The summed E-state index contributed by atoms with van der Waals surface area (Å²) in [6.45, 7) is 10.7. The standard InChI is InChI=1S/C23H34N2O2/c1-4-7-8-9-20-10-12-22(13-11-20)27-19-14-23(26)25-17-15-24(16-18-25)21(5-2)6-3/h10-13,21H,4-7,14-19H2,1-3H3. The van der Waals surface area contributed by atoms with Crippen LogP contribution in [-0.2, 0) is 4.79 Å². The fourth-order valence-electron chi connectivity index (χ4n) is 3.48. The predicted molar refractivity (Wildman–Crippen MR) is 111 cm³/mol. The van der Waals surface area contributed by atoms with Crippen molar-refractivity contribution in [3.8, 4) is 17.6 Å². The number of carbonyl (C=O) groups excluding carboxylic acids is 1. The van der Waals surface area contributed by atoms with Gasteiger partial charge >= 0.3 is 0 Å². The van der Waals surface area contributed by atoms with Crippen molar-refractivity contribution >= 4 is 5.91 Å². The van der Waals surface area contributed by atoms with Crippen LogP contribution in [0.25, 0.3) is 0 Å². The van der Waals surface area contributed by atoms with Crippen LogP contribution in [0.5, 0.6) is 5.75 Å². The van der Waals surface area contributed by atoms with Crippen molar-refractivity contribution in [2.45, 2.75) is 58.9 Å². The van der Waals surface area contributed by atoms with Gasteiger partial charge in [0.05, 0.1) is 13.0 Å². The number of benzene rings is 1. The highest BCUT2D eigenvalue weighted by molar-refractivity contribution is 5.76. The second-order valence-electron chi connectivity index (χ2n) is 7.06. The smallest absolute Gasteiger partial charge is 0.226 e. The summed E-state index contributed by atoms with van der Waals surface area (Å²) in [6, 6.07) is 8.44. The molecule has 1 aromatic rings. The Morgan fingerprint density at radius 2 is 1.74 bits per heavy atom. The second kappa shape index (κ2) is 11.7. The lowest BCUT2D eigenvalue weighted by Gasteiger charge is -2.38. The first kappa shape index (κ1) is 21.3. The number of piperazine rings is 1. The van der Waals surface area contributed by atoms with Gasteiger partial charge in [-0.15, -0.1) is 0 Å². The zero-order valence-electron chi connectivity index (χ0n) is 17.2. The lowest BCUT2D eigenvalue weighted by atomic mass is 10.1.